The summed E-state index contributed by atoms with van der Waals surface area (Å²) in [4.78, 5) is 11.6. The molecule has 1 unspecified atom stereocenters. The molecule has 0 radical (unpaired) electrons. The van der Waals surface area contributed by atoms with Gasteiger partial charge in [-0.2, -0.15) is 0 Å². The molecule has 0 aliphatic rings. The number of carbonyl (C=O) groups is 1. The summed E-state index contributed by atoms with van der Waals surface area (Å²) in [6, 6.07) is 8.22. The Hall–Kier alpha value is -0.430. The van der Waals surface area contributed by atoms with E-state index >= 15 is 0 Å². The zero-order valence-corrected chi connectivity index (χ0v) is 11.9. The van der Waals surface area contributed by atoms with E-state index in [-0.39, 0.29) is 16.4 Å². The summed E-state index contributed by atoms with van der Waals surface area (Å²) in [5.74, 6) is -0.148. The molecule has 1 rings (SSSR count). The first-order valence-electron chi connectivity index (χ1n) is 4.92. The Morgan fingerprint density at radius 3 is 2.38 bits per heavy atom. The largest absolute Gasteiger partial charge is 0.299 e. The van der Waals surface area contributed by atoms with Crippen molar-refractivity contribution < 1.29 is 13.2 Å². The molecule has 0 fully saturated rings. The average Bonchev–Trinajstić information content (AvgIpc) is 2.28. The van der Waals surface area contributed by atoms with Gasteiger partial charge in [-0.05, 0) is 12.1 Å². The first kappa shape index (κ1) is 13.6. The summed E-state index contributed by atoms with van der Waals surface area (Å²) < 4.78 is 23.3. The number of benzene rings is 1. The molecule has 0 N–H and O–H groups in total. The van der Waals surface area contributed by atoms with Crippen LogP contribution in [-0.4, -0.2) is 23.9 Å². The van der Waals surface area contributed by atoms with Crippen molar-refractivity contribution in [1.29, 1.82) is 0 Å². The normalized spacial score (nSPS) is 13.4. The fourth-order valence-electron chi connectivity index (χ4n) is 1.23. The standard InChI is InChI=1S/C11H13IO3S/c1-2-11(13)10(12)8-16(14,15)9-6-4-3-5-7-9/h3-7,10H,2,8H2,1H3. The van der Waals surface area contributed by atoms with Crippen molar-refractivity contribution in [3.8, 4) is 0 Å². The van der Waals surface area contributed by atoms with Crippen LogP contribution in [0, 0.1) is 0 Å². The summed E-state index contributed by atoms with van der Waals surface area (Å²) >= 11 is 1.89. The smallest absolute Gasteiger partial charge is 0.179 e. The second-order valence-electron chi connectivity index (χ2n) is 3.38. The average molecular weight is 352 g/mol. The van der Waals surface area contributed by atoms with Gasteiger partial charge in [-0.3, -0.25) is 4.79 Å². The van der Waals surface area contributed by atoms with Crippen molar-refractivity contribution in [3.05, 3.63) is 30.3 Å². The minimum absolute atomic E-state index is 0.0277. The van der Waals surface area contributed by atoms with Gasteiger partial charge in [0, 0.05) is 6.42 Å². The number of hydrogen-bond acceptors (Lipinski definition) is 3. The summed E-state index contributed by atoms with van der Waals surface area (Å²) in [5.41, 5.74) is 0. The number of halogens is 1. The Balaban J connectivity index is 2.85. The molecule has 0 saturated carbocycles. The Morgan fingerprint density at radius 2 is 1.88 bits per heavy atom. The highest BCUT2D eigenvalue weighted by Crippen LogP contribution is 2.16. The molecule has 0 aromatic heterocycles. The summed E-state index contributed by atoms with van der Waals surface area (Å²) in [6.07, 6.45) is 0.373. The van der Waals surface area contributed by atoms with E-state index in [2.05, 4.69) is 0 Å². The van der Waals surface area contributed by atoms with Crippen LogP contribution in [0.5, 0.6) is 0 Å². The van der Waals surface area contributed by atoms with Crippen molar-refractivity contribution in [2.24, 2.45) is 0 Å². The van der Waals surface area contributed by atoms with Crippen molar-refractivity contribution in [2.75, 3.05) is 5.75 Å². The van der Waals surface area contributed by atoms with Crippen molar-refractivity contribution in [2.45, 2.75) is 22.2 Å². The van der Waals surface area contributed by atoms with Crippen molar-refractivity contribution in [1.82, 2.24) is 0 Å². The molecule has 0 bridgehead atoms. The zero-order chi connectivity index (χ0) is 12.2. The summed E-state index contributed by atoms with van der Waals surface area (Å²) in [7, 11) is -3.34. The van der Waals surface area contributed by atoms with E-state index < -0.39 is 13.8 Å². The SMILES string of the molecule is CCC(=O)C(I)CS(=O)(=O)c1ccccc1. The maximum atomic E-state index is 11.9. The van der Waals surface area contributed by atoms with Crippen LogP contribution in [-0.2, 0) is 14.6 Å². The number of rotatable bonds is 5. The predicted molar refractivity (Wildman–Crippen MR) is 71.6 cm³/mol. The summed E-state index contributed by atoms with van der Waals surface area (Å²) in [5, 5.41) is 0. The third kappa shape index (κ3) is 3.55. The zero-order valence-electron chi connectivity index (χ0n) is 8.89. The third-order valence-electron chi connectivity index (χ3n) is 2.17. The van der Waals surface area contributed by atoms with Gasteiger partial charge in [0.15, 0.2) is 9.84 Å². The number of Topliss-reactive ketones (excluding diaryl/α,β-unsaturated/α-hetero) is 1. The van der Waals surface area contributed by atoms with Crippen LogP contribution in [0.4, 0.5) is 0 Å². The topological polar surface area (TPSA) is 51.2 Å². The minimum Gasteiger partial charge on any atom is -0.299 e. The number of alkyl halides is 1. The third-order valence-corrected chi connectivity index (χ3v) is 5.66. The van der Waals surface area contributed by atoms with Gasteiger partial charge >= 0.3 is 0 Å². The highest BCUT2D eigenvalue weighted by atomic mass is 127. The van der Waals surface area contributed by atoms with Gasteiger partial charge in [-0.25, -0.2) is 8.42 Å². The molecular weight excluding hydrogens is 339 g/mol. The molecule has 88 valence electrons. The van der Waals surface area contributed by atoms with Crippen LogP contribution in [0.3, 0.4) is 0 Å². The van der Waals surface area contributed by atoms with E-state index in [1.807, 2.05) is 22.6 Å². The maximum Gasteiger partial charge on any atom is 0.179 e. The Morgan fingerprint density at radius 1 is 1.31 bits per heavy atom. The van der Waals surface area contributed by atoms with E-state index in [1.54, 1.807) is 37.3 Å². The highest BCUT2D eigenvalue weighted by Gasteiger charge is 2.23. The van der Waals surface area contributed by atoms with E-state index in [1.165, 1.54) is 0 Å². The molecule has 0 saturated heterocycles. The van der Waals surface area contributed by atoms with Crippen LogP contribution in [0.15, 0.2) is 35.2 Å². The molecule has 1 aromatic carbocycles. The molecule has 1 aromatic rings. The van der Waals surface area contributed by atoms with Crippen molar-refractivity contribution in [3.63, 3.8) is 0 Å². The lowest BCUT2D eigenvalue weighted by atomic mass is 10.2. The van der Waals surface area contributed by atoms with Crippen LogP contribution >= 0.6 is 22.6 Å². The highest BCUT2D eigenvalue weighted by molar-refractivity contribution is 14.1. The molecule has 3 nitrogen and oxygen atoms in total. The number of carbonyl (C=O) groups excluding carboxylic acids is 1. The van der Waals surface area contributed by atoms with E-state index in [9.17, 15) is 13.2 Å². The van der Waals surface area contributed by atoms with E-state index in [0.29, 0.717) is 6.42 Å². The van der Waals surface area contributed by atoms with Crippen LogP contribution in [0.2, 0.25) is 0 Å². The molecular formula is C11H13IO3S. The van der Waals surface area contributed by atoms with Gasteiger partial charge in [0.2, 0.25) is 0 Å². The van der Waals surface area contributed by atoms with Gasteiger partial charge in [0.25, 0.3) is 0 Å². The molecule has 0 amide bonds. The fraction of sp³-hybridized carbons (Fsp3) is 0.364. The van der Waals surface area contributed by atoms with Gasteiger partial charge in [-0.1, -0.05) is 47.7 Å². The molecule has 0 aliphatic carbocycles. The molecule has 0 spiro atoms. The lowest BCUT2D eigenvalue weighted by molar-refractivity contribution is -0.117. The first-order chi connectivity index (χ1) is 7.47. The monoisotopic (exact) mass is 352 g/mol. The van der Waals surface area contributed by atoms with Gasteiger partial charge in [-0.15, -0.1) is 0 Å². The quantitative estimate of drug-likeness (QED) is 0.603. The lowest BCUT2D eigenvalue weighted by Crippen LogP contribution is -2.23. The predicted octanol–water partition coefficient (Wildman–Crippen LogP) is 2.24. The number of hydrogen-bond donors (Lipinski definition) is 0. The minimum atomic E-state index is -3.34. The number of ketones is 1. The molecule has 1 atom stereocenters. The van der Waals surface area contributed by atoms with Crippen LogP contribution in [0.1, 0.15) is 13.3 Å². The van der Waals surface area contributed by atoms with Gasteiger partial charge in [0.05, 0.1) is 14.6 Å². The fourth-order valence-corrected chi connectivity index (χ4v) is 4.43. The van der Waals surface area contributed by atoms with Crippen molar-refractivity contribution >= 4 is 38.2 Å². The lowest BCUT2D eigenvalue weighted by Gasteiger charge is -2.08. The second-order valence-corrected chi connectivity index (χ2v) is 6.92. The first-order valence-corrected chi connectivity index (χ1v) is 7.81. The molecule has 5 heteroatoms. The molecule has 0 aliphatic heterocycles. The van der Waals surface area contributed by atoms with Gasteiger partial charge in [0.1, 0.15) is 5.78 Å². The van der Waals surface area contributed by atoms with Gasteiger partial charge < -0.3 is 0 Å². The molecule has 16 heavy (non-hydrogen) atoms. The van der Waals surface area contributed by atoms with E-state index in [0.717, 1.165) is 0 Å². The van der Waals surface area contributed by atoms with Crippen LogP contribution in [0.25, 0.3) is 0 Å². The maximum absolute atomic E-state index is 11.9. The molecule has 0 heterocycles. The Bertz CT molecular complexity index is 453. The van der Waals surface area contributed by atoms with E-state index in [4.69, 9.17) is 0 Å². The Kier molecular flexibility index (Phi) is 4.91. The van der Waals surface area contributed by atoms with Crippen LogP contribution < -0.4 is 0 Å². The number of sulfone groups is 1. The second kappa shape index (κ2) is 5.77. The Labute approximate surface area is 109 Å². The summed E-state index contributed by atoms with van der Waals surface area (Å²) in [6.45, 7) is 1.74.